The minimum Gasteiger partial charge on any atom is -0.497 e. The summed E-state index contributed by atoms with van der Waals surface area (Å²) < 4.78 is 25.6. The molecule has 0 spiro atoms. The Morgan fingerprint density at radius 3 is 2.59 bits per heavy atom. The number of ether oxygens (including phenoxy) is 2. The molecule has 32 heavy (non-hydrogen) atoms. The maximum absolute atomic E-state index is 13.3. The zero-order valence-corrected chi connectivity index (χ0v) is 17.8. The van der Waals surface area contributed by atoms with Crippen molar-refractivity contribution in [1.29, 1.82) is 0 Å². The fourth-order valence-corrected chi connectivity index (χ4v) is 3.11. The number of nitrogens with one attached hydrogen (secondary N) is 1. The lowest BCUT2D eigenvalue weighted by atomic mass is 10.1. The van der Waals surface area contributed by atoms with Crippen LogP contribution >= 0.6 is 0 Å². The third-order valence-electron chi connectivity index (χ3n) is 4.86. The Kier molecular flexibility index (Phi) is 5.98. The van der Waals surface area contributed by atoms with Crippen LogP contribution in [-0.4, -0.2) is 38.7 Å². The zero-order valence-electron chi connectivity index (χ0n) is 17.8. The second kappa shape index (κ2) is 9.01. The molecule has 4 aromatic rings. The molecule has 9 heteroatoms. The molecule has 8 nitrogen and oxygen atoms in total. The van der Waals surface area contributed by atoms with E-state index in [-0.39, 0.29) is 11.7 Å². The van der Waals surface area contributed by atoms with Crippen molar-refractivity contribution in [3.63, 3.8) is 0 Å². The number of fused-ring (bicyclic) bond motifs is 1. The highest BCUT2D eigenvalue weighted by Crippen LogP contribution is 2.22. The Balaban J connectivity index is 1.45. The van der Waals surface area contributed by atoms with Crippen LogP contribution in [0, 0.1) is 5.82 Å². The predicted molar refractivity (Wildman–Crippen MR) is 116 cm³/mol. The summed E-state index contributed by atoms with van der Waals surface area (Å²) in [6, 6.07) is 14.6. The Bertz CT molecular complexity index is 1240. The third-order valence-corrected chi connectivity index (χ3v) is 4.86. The molecule has 0 unspecified atom stereocenters. The number of aromatic nitrogens is 4. The van der Waals surface area contributed by atoms with Gasteiger partial charge in [-0.05, 0) is 50.2 Å². The van der Waals surface area contributed by atoms with E-state index in [2.05, 4.69) is 20.4 Å². The molecule has 2 aromatic carbocycles. The van der Waals surface area contributed by atoms with Gasteiger partial charge in [0.05, 0.1) is 18.8 Å². The maximum atomic E-state index is 13.3. The van der Waals surface area contributed by atoms with Crippen molar-refractivity contribution in [3.05, 3.63) is 72.6 Å². The molecule has 164 valence electrons. The second-order valence-electron chi connectivity index (χ2n) is 7.22. The first-order valence-corrected chi connectivity index (χ1v) is 10.0. The van der Waals surface area contributed by atoms with E-state index in [0.717, 1.165) is 17.0 Å². The van der Waals surface area contributed by atoms with Crippen LogP contribution in [0.3, 0.4) is 0 Å². The summed E-state index contributed by atoms with van der Waals surface area (Å²) in [5.74, 6) is 0.686. The summed E-state index contributed by atoms with van der Waals surface area (Å²) in [6.45, 7) is 3.37. The van der Waals surface area contributed by atoms with E-state index in [1.165, 1.54) is 18.2 Å². The van der Waals surface area contributed by atoms with Gasteiger partial charge in [-0.15, -0.1) is 5.10 Å². The van der Waals surface area contributed by atoms with Gasteiger partial charge in [0.2, 0.25) is 0 Å². The average molecular weight is 435 g/mol. The minimum absolute atomic E-state index is 0.281. The van der Waals surface area contributed by atoms with Crippen molar-refractivity contribution < 1.29 is 18.7 Å². The van der Waals surface area contributed by atoms with Crippen molar-refractivity contribution in [2.75, 3.05) is 7.11 Å². The van der Waals surface area contributed by atoms with Gasteiger partial charge in [-0.3, -0.25) is 4.79 Å². The number of halogens is 1. The van der Waals surface area contributed by atoms with Crippen LogP contribution in [0.4, 0.5) is 4.39 Å². The molecule has 0 aliphatic rings. The lowest BCUT2D eigenvalue weighted by Gasteiger charge is -2.17. The molecular formula is C23H22FN5O3. The fourth-order valence-electron chi connectivity index (χ4n) is 3.11. The monoisotopic (exact) mass is 435 g/mol. The van der Waals surface area contributed by atoms with E-state index in [0.29, 0.717) is 11.5 Å². The van der Waals surface area contributed by atoms with Gasteiger partial charge in [0.1, 0.15) is 23.6 Å². The molecule has 0 radical (unpaired) electrons. The number of carbonyl (C=O) groups excluding carboxylic acids is 1. The van der Waals surface area contributed by atoms with Crippen LogP contribution in [0.25, 0.3) is 16.9 Å². The summed E-state index contributed by atoms with van der Waals surface area (Å²) in [6.07, 6.45) is 0.759. The largest absolute Gasteiger partial charge is 0.497 e. The molecule has 2 aromatic heterocycles. The zero-order chi connectivity index (χ0) is 22.7. The quantitative estimate of drug-likeness (QED) is 0.477. The molecule has 1 amide bonds. The fraction of sp³-hybridized carbons (Fsp3) is 0.217. The van der Waals surface area contributed by atoms with Crippen molar-refractivity contribution in [3.8, 4) is 22.8 Å². The van der Waals surface area contributed by atoms with Crippen LogP contribution in [-0.2, 0) is 4.79 Å². The van der Waals surface area contributed by atoms with E-state index < -0.39 is 18.0 Å². The summed E-state index contributed by atoms with van der Waals surface area (Å²) in [4.78, 5) is 21.5. The highest BCUT2D eigenvalue weighted by Gasteiger charge is 2.20. The van der Waals surface area contributed by atoms with E-state index in [1.807, 2.05) is 30.3 Å². The third kappa shape index (κ3) is 4.66. The Morgan fingerprint density at radius 1 is 1.09 bits per heavy atom. The molecule has 2 atom stereocenters. The van der Waals surface area contributed by atoms with Crippen molar-refractivity contribution in [2.45, 2.75) is 26.0 Å². The number of amides is 1. The normalized spacial score (nSPS) is 12.9. The highest BCUT2D eigenvalue weighted by molar-refractivity contribution is 5.81. The summed E-state index contributed by atoms with van der Waals surface area (Å²) >= 11 is 0. The standard InChI is InChI=1S/C23H22FN5O3/c1-14(26-23(30)15(2)32-19-6-4-5-17(24)11-19)22-27-21-12-20(25-13-29(21)28-22)16-7-9-18(31-3)10-8-16/h4-15H,1-3H3,(H,26,30)/t14-,15+/m1/s1. The first-order chi connectivity index (χ1) is 15.4. The van der Waals surface area contributed by atoms with Gasteiger partial charge in [-0.2, -0.15) is 0 Å². The van der Waals surface area contributed by atoms with Gasteiger partial charge in [-0.25, -0.2) is 18.9 Å². The van der Waals surface area contributed by atoms with Crippen LogP contribution in [0.5, 0.6) is 11.5 Å². The van der Waals surface area contributed by atoms with Gasteiger partial charge in [-0.1, -0.05) is 6.07 Å². The van der Waals surface area contributed by atoms with Gasteiger partial charge < -0.3 is 14.8 Å². The smallest absolute Gasteiger partial charge is 0.261 e. The topological polar surface area (TPSA) is 90.6 Å². The van der Waals surface area contributed by atoms with E-state index in [4.69, 9.17) is 9.47 Å². The van der Waals surface area contributed by atoms with E-state index in [9.17, 15) is 9.18 Å². The van der Waals surface area contributed by atoms with E-state index in [1.54, 1.807) is 37.9 Å². The van der Waals surface area contributed by atoms with Crippen LogP contribution < -0.4 is 14.8 Å². The lowest BCUT2D eigenvalue weighted by molar-refractivity contribution is -0.128. The SMILES string of the molecule is COc1ccc(-c2cc3nc([C@@H](C)NC(=O)[C@H](C)Oc4cccc(F)c4)nn3cn2)cc1. The number of rotatable bonds is 7. The summed E-state index contributed by atoms with van der Waals surface area (Å²) in [5.41, 5.74) is 2.27. The van der Waals surface area contributed by atoms with Crippen molar-refractivity contribution in [1.82, 2.24) is 24.9 Å². The molecule has 0 saturated carbocycles. The molecule has 1 N–H and O–H groups in total. The van der Waals surface area contributed by atoms with Crippen molar-refractivity contribution in [2.24, 2.45) is 0 Å². The Hall–Kier alpha value is -4.01. The van der Waals surface area contributed by atoms with Gasteiger partial charge >= 0.3 is 0 Å². The molecule has 0 saturated heterocycles. The van der Waals surface area contributed by atoms with Crippen LogP contribution in [0.1, 0.15) is 25.7 Å². The van der Waals surface area contributed by atoms with Crippen LogP contribution in [0.15, 0.2) is 60.9 Å². The molecule has 0 fully saturated rings. The van der Waals surface area contributed by atoms with E-state index >= 15 is 0 Å². The number of benzene rings is 2. The number of methoxy groups -OCH3 is 1. The Labute approximate surface area is 184 Å². The van der Waals surface area contributed by atoms with Crippen LogP contribution in [0.2, 0.25) is 0 Å². The first-order valence-electron chi connectivity index (χ1n) is 10.0. The van der Waals surface area contributed by atoms with Gasteiger partial charge in [0.25, 0.3) is 5.91 Å². The minimum atomic E-state index is -0.820. The molecule has 4 rings (SSSR count). The molecule has 0 bridgehead atoms. The van der Waals surface area contributed by atoms with Gasteiger partial charge in [0, 0.05) is 17.7 Å². The summed E-state index contributed by atoms with van der Waals surface area (Å²) in [5, 5.41) is 7.22. The first kappa shape index (κ1) is 21.2. The molecule has 0 aliphatic heterocycles. The Morgan fingerprint density at radius 2 is 1.88 bits per heavy atom. The predicted octanol–water partition coefficient (Wildman–Crippen LogP) is 3.58. The number of carbonyl (C=O) groups is 1. The molecular weight excluding hydrogens is 413 g/mol. The van der Waals surface area contributed by atoms with Gasteiger partial charge in [0.15, 0.2) is 17.6 Å². The second-order valence-corrected chi connectivity index (χ2v) is 7.22. The highest BCUT2D eigenvalue weighted by atomic mass is 19.1. The number of nitrogens with zero attached hydrogens (tertiary/aromatic N) is 4. The van der Waals surface area contributed by atoms with Crippen molar-refractivity contribution >= 4 is 11.6 Å². The summed E-state index contributed by atoms with van der Waals surface area (Å²) in [7, 11) is 1.62. The number of hydrogen-bond donors (Lipinski definition) is 1. The average Bonchev–Trinajstić information content (AvgIpc) is 3.23. The number of hydrogen-bond acceptors (Lipinski definition) is 6. The lowest BCUT2D eigenvalue weighted by Crippen LogP contribution is -2.38. The maximum Gasteiger partial charge on any atom is 0.261 e. The molecule has 0 aliphatic carbocycles. The molecule has 2 heterocycles.